The summed E-state index contributed by atoms with van der Waals surface area (Å²) in [5.74, 6) is 0. The molecule has 0 saturated carbocycles. The van der Waals surface area contributed by atoms with Gasteiger partial charge in [-0.25, -0.2) is 13.2 Å². The molecule has 1 atom stereocenters. The maximum Gasteiger partial charge on any atom is 0.410 e. The molecule has 3 rings (SSSR count). The van der Waals surface area contributed by atoms with E-state index in [4.69, 9.17) is 4.74 Å². The van der Waals surface area contributed by atoms with Crippen molar-refractivity contribution in [1.29, 1.82) is 0 Å². The summed E-state index contributed by atoms with van der Waals surface area (Å²) in [6, 6.07) is 6.06. The van der Waals surface area contributed by atoms with Crippen LogP contribution in [0, 0.1) is 5.21 Å². The smallest absolute Gasteiger partial charge is 0.410 e. The normalized spacial score (nSPS) is 19.2. The number of aromatic nitrogens is 1. The van der Waals surface area contributed by atoms with E-state index < -0.39 is 21.7 Å². The van der Waals surface area contributed by atoms with Crippen LogP contribution in [-0.2, 0) is 14.8 Å². The molecule has 1 amide bonds. The third kappa shape index (κ3) is 4.79. The van der Waals surface area contributed by atoms with Crippen molar-refractivity contribution < 1.29 is 22.7 Å². The highest BCUT2D eigenvalue weighted by Gasteiger charge is 2.34. The zero-order valence-electron chi connectivity index (χ0n) is 17.2. The molecular formula is C20H27N3O5S. The minimum atomic E-state index is -3.75. The Morgan fingerprint density at radius 1 is 1.17 bits per heavy atom. The fourth-order valence-corrected chi connectivity index (χ4v) is 5.04. The second-order valence-corrected chi connectivity index (χ2v) is 10.2. The van der Waals surface area contributed by atoms with Gasteiger partial charge < -0.3 is 14.8 Å². The summed E-state index contributed by atoms with van der Waals surface area (Å²) >= 11 is 0. The number of fused-ring (bicyclic) bond motifs is 1. The molecule has 8 nitrogen and oxygen atoms in total. The minimum absolute atomic E-state index is 0.172. The molecule has 0 unspecified atom stereocenters. The first kappa shape index (κ1) is 21.3. The average molecular weight is 422 g/mol. The molecule has 9 heteroatoms. The molecule has 1 fully saturated rings. The molecule has 1 saturated heterocycles. The van der Waals surface area contributed by atoms with E-state index in [0.717, 1.165) is 0 Å². The topological polar surface area (TPSA) is 93.9 Å². The largest absolute Gasteiger partial charge is 0.619 e. The zero-order chi connectivity index (χ0) is 21.4. The van der Waals surface area contributed by atoms with Crippen molar-refractivity contribution in [2.24, 2.45) is 0 Å². The molecule has 1 aromatic carbocycles. The first-order chi connectivity index (χ1) is 13.5. The van der Waals surface area contributed by atoms with Gasteiger partial charge in [0.05, 0.1) is 4.90 Å². The summed E-state index contributed by atoms with van der Waals surface area (Å²) < 4.78 is 34.1. The van der Waals surface area contributed by atoms with Gasteiger partial charge in [-0.2, -0.15) is 9.04 Å². The Bertz CT molecular complexity index is 1020. The lowest BCUT2D eigenvalue weighted by atomic mass is 10.2. The van der Waals surface area contributed by atoms with Crippen molar-refractivity contribution in [2.75, 3.05) is 19.6 Å². The fourth-order valence-electron chi connectivity index (χ4n) is 3.35. The van der Waals surface area contributed by atoms with Crippen LogP contribution in [-0.4, -0.2) is 55.0 Å². The predicted octanol–water partition coefficient (Wildman–Crippen LogP) is 2.49. The molecule has 2 heterocycles. The summed E-state index contributed by atoms with van der Waals surface area (Å²) in [4.78, 5) is 14.1. The van der Waals surface area contributed by atoms with Gasteiger partial charge in [0, 0.05) is 37.1 Å². The molecule has 1 aromatic heterocycles. The molecule has 1 aliphatic heterocycles. The van der Waals surface area contributed by atoms with Crippen LogP contribution >= 0.6 is 0 Å². The van der Waals surface area contributed by atoms with Gasteiger partial charge in [-0.05, 0) is 57.7 Å². The molecular weight excluding hydrogens is 394 g/mol. The van der Waals surface area contributed by atoms with E-state index in [1.807, 2.05) is 6.92 Å². The Balaban J connectivity index is 1.83. The Morgan fingerprint density at radius 3 is 2.59 bits per heavy atom. The molecule has 0 bridgehead atoms. The van der Waals surface area contributed by atoms with E-state index in [1.165, 1.54) is 22.8 Å². The quantitative estimate of drug-likeness (QED) is 0.549. The SMILES string of the molecule is C[C@@H]1CCN(C(=O)OC(C)(C)C)CCN1S(=O)(=O)c1ccc2c[n+]([O-])ccc2c1. The molecule has 29 heavy (non-hydrogen) atoms. The number of nitrogens with zero attached hydrogens (tertiary/aromatic N) is 3. The van der Waals surface area contributed by atoms with Gasteiger partial charge in [-0.15, -0.1) is 0 Å². The van der Waals surface area contributed by atoms with Crippen molar-refractivity contribution in [3.8, 4) is 0 Å². The lowest BCUT2D eigenvalue weighted by Crippen LogP contribution is -2.41. The Morgan fingerprint density at radius 2 is 1.90 bits per heavy atom. The number of ether oxygens (including phenoxy) is 1. The van der Waals surface area contributed by atoms with Gasteiger partial charge >= 0.3 is 6.09 Å². The Kier molecular flexibility index (Phi) is 5.73. The second kappa shape index (κ2) is 7.79. The highest BCUT2D eigenvalue weighted by molar-refractivity contribution is 7.89. The van der Waals surface area contributed by atoms with Crippen molar-refractivity contribution >= 4 is 26.9 Å². The third-order valence-electron chi connectivity index (χ3n) is 4.88. The lowest BCUT2D eigenvalue weighted by Gasteiger charge is -2.27. The summed E-state index contributed by atoms with van der Waals surface area (Å²) in [6.07, 6.45) is 2.83. The van der Waals surface area contributed by atoms with Gasteiger partial charge in [0.2, 0.25) is 10.0 Å². The van der Waals surface area contributed by atoms with Gasteiger partial charge in [-0.1, -0.05) is 0 Å². The van der Waals surface area contributed by atoms with E-state index in [9.17, 15) is 18.4 Å². The maximum absolute atomic E-state index is 13.3. The summed E-state index contributed by atoms with van der Waals surface area (Å²) in [7, 11) is -3.75. The lowest BCUT2D eigenvalue weighted by molar-refractivity contribution is -0.603. The Hall–Kier alpha value is -2.39. The summed E-state index contributed by atoms with van der Waals surface area (Å²) in [5, 5.41) is 12.8. The number of rotatable bonds is 2. The molecule has 0 radical (unpaired) electrons. The fraction of sp³-hybridized carbons (Fsp3) is 0.500. The number of sulfonamides is 1. The van der Waals surface area contributed by atoms with Crippen LogP contribution in [0.5, 0.6) is 0 Å². The van der Waals surface area contributed by atoms with Crippen LogP contribution in [0.15, 0.2) is 41.6 Å². The number of pyridine rings is 1. The van der Waals surface area contributed by atoms with E-state index in [-0.39, 0.29) is 24.0 Å². The maximum atomic E-state index is 13.3. The van der Waals surface area contributed by atoms with E-state index in [2.05, 4.69) is 0 Å². The first-order valence-corrected chi connectivity index (χ1v) is 11.0. The molecule has 0 N–H and O–H groups in total. The molecule has 0 spiro atoms. The highest BCUT2D eigenvalue weighted by atomic mass is 32.2. The number of amides is 1. The summed E-state index contributed by atoms with van der Waals surface area (Å²) in [5.41, 5.74) is -0.603. The van der Waals surface area contributed by atoms with Crippen LogP contribution in [0.3, 0.4) is 0 Å². The van der Waals surface area contributed by atoms with Crippen molar-refractivity contribution in [3.05, 3.63) is 41.9 Å². The standard InChI is InChI=1S/C20H27N3O5S/c1-15-7-9-21(19(24)28-20(2,3)4)11-12-23(15)29(26,27)18-6-5-17-14-22(25)10-8-16(17)13-18/h5-6,8,10,13-15H,7,9,11-12H2,1-4H3/t15-/m1/s1. The van der Waals surface area contributed by atoms with E-state index in [0.29, 0.717) is 28.5 Å². The predicted molar refractivity (Wildman–Crippen MR) is 109 cm³/mol. The average Bonchev–Trinajstić information content (AvgIpc) is 2.82. The van der Waals surface area contributed by atoms with Crippen LogP contribution in [0.25, 0.3) is 10.8 Å². The van der Waals surface area contributed by atoms with Crippen molar-refractivity contribution in [1.82, 2.24) is 9.21 Å². The van der Waals surface area contributed by atoms with Crippen LogP contribution in [0.1, 0.15) is 34.1 Å². The number of hydrogen-bond acceptors (Lipinski definition) is 5. The minimum Gasteiger partial charge on any atom is -0.619 e. The number of carbonyl (C=O) groups is 1. The zero-order valence-corrected chi connectivity index (χ0v) is 18.0. The van der Waals surface area contributed by atoms with Crippen molar-refractivity contribution in [2.45, 2.75) is 50.7 Å². The van der Waals surface area contributed by atoms with Gasteiger partial charge in [-0.3, -0.25) is 0 Å². The van der Waals surface area contributed by atoms with Gasteiger partial charge in [0.15, 0.2) is 12.4 Å². The summed E-state index contributed by atoms with van der Waals surface area (Å²) in [6.45, 7) is 8.14. The first-order valence-electron chi connectivity index (χ1n) is 9.60. The van der Waals surface area contributed by atoms with Gasteiger partial charge in [0.25, 0.3) is 0 Å². The molecule has 2 aromatic rings. The number of hydrogen-bond donors (Lipinski definition) is 0. The van der Waals surface area contributed by atoms with E-state index in [1.54, 1.807) is 43.9 Å². The Labute approximate surface area is 171 Å². The monoisotopic (exact) mass is 421 g/mol. The molecule has 158 valence electrons. The van der Waals surface area contributed by atoms with Crippen molar-refractivity contribution in [3.63, 3.8) is 0 Å². The van der Waals surface area contributed by atoms with Crippen LogP contribution in [0.2, 0.25) is 0 Å². The number of benzene rings is 1. The molecule has 1 aliphatic rings. The second-order valence-electron chi connectivity index (χ2n) is 8.32. The highest BCUT2D eigenvalue weighted by Crippen LogP contribution is 2.25. The molecule has 0 aliphatic carbocycles. The van der Waals surface area contributed by atoms with E-state index >= 15 is 0 Å². The van der Waals surface area contributed by atoms with Gasteiger partial charge in [0.1, 0.15) is 5.60 Å². The third-order valence-corrected chi connectivity index (χ3v) is 6.89. The van der Waals surface area contributed by atoms with Crippen LogP contribution < -0.4 is 4.73 Å². The number of carbonyl (C=O) groups excluding carboxylic acids is 1. The van der Waals surface area contributed by atoms with Crippen LogP contribution in [0.4, 0.5) is 4.79 Å².